The Morgan fingerprint density at radius 2 is 2.32 bits per heavy atom. The van der Waals surface area contributed by atoms with Crippen LogP contribution in [0.25, 0.3) is 0 Å². The number of aryl methyl sites for hydroxylation is 1. The van der Waals surface area contributed by atoms with Crippen molar-refractivity contribution in [2.45, 2.75) is 24.0 Å². The van der Waals surface area contributed by atoms with Crippen LogP contribution in [-0.4, -0.2) is 17.6 Å². The summed E-state index contributed by atoms with van der Waals surface area (Å²) in [7, 11) is 0. The number of esters is 1. The number of ether oxygens (including phenoxy) is 1. The number of anilines is 1. The average Bonchev–Trinajstić information content (AvgIpc) is 2.78. The van der Waals surface area contributed by atoms with Gasteiger partial charge in [-0.3, -0.25) is 0 Å². The van der Waals surface area contributed by atoms with Gasteiger partial charge in [0, 0.05) is 5.69 Å². The second kappa shape index (κ2) is 5.79. The van der Waals surface area contributed by atoms with E-state index in [2.05, 4.69) is 4.98 Å². The molecule has 0 radical (unpaired) electrons. The second-order valence-electron chi connectivity index (χ2n) is 3.80. The van der Waals surface area contributed by atoms with Gasteiger partial charge in [0.1, 0.15) is 6.26 Å². The zero-order chi connectivity index (χ0) is 13.8. The molecule has 2 rings (SSSR count). The van der Waals surface area contributed by atoms with Gasteiger partial charge in [0.15, 0.2) is 0 Å². The Hall–Kier alpha value is -1.95. The van der Waals surface area contributed by atoms with E-state index in [9.17, 15) is 4.79 Å². The smallest absolute Gasteiger partial charge is 0.339 e. The van der Waals surface area contributed by atoms with Crippen LogP contribution in [0.2, 0.25) is 0 Å². The Labute approximate surface area is 115 Å². The molecule has 0 spiro atoms. The third-order valence-electron chi connectivity index (χ3n) is 2.33. The van der Waals surface area contributed by atoms with Crippen molar-refractivity contribution in [1.29, 1.82) is 0 Å². The molecule has 1 aromatic carbocycles. The van der Waals surface area contributed by atoms with Crippen LogP contribution in [0.5, 0.6) is 0 Å². The fraction of sp³-hybridized carbons (Fsp3) is 0.231. The first-order chi connectivity index (χ1) is 9.11. The van der Waals surface area contributed by atoms with Crippen LogP contribution in [0, 0.1) is 6.92 Å². The number of nitrogen functional groups attached to an aromatic ring is 1. The average molecular weight is 278 g/mol. The fourth-order valence-electron chi connectivity index (χ4n) is 1.50. The minimum absolute atomic E-state index is 0.315. The van der Waals surface area contributed by atoms with Crippen LogP contribution in [0.3, 0.4) is 0 Å². The van der Waals surface area contributed by atoms with Gasteiger partial charge in [0.05, 0.1) is 22.8 Å². The molecule has 100 valence electrons. The third-order valence-corrected chi connectivity index (χ3v) is 3.35. The van der Waals surface area contributed by atoms with Crippen LogP contribution in [0.15, 0.2) is 39.0 Å². The van der Waals surface area contributed by atoms with Crippen molar-refractivity contribution < 1.29 is 13.9 Å². The number of nitrogens with zero attached hydrogens (tertiary/aromatic N) is 1. The summed E-state index contributed by atoms with van der Waals surface area (Å²) < 4.78 is 10.3. The van der Waals surface area contributed by atoms with E-state index in [-0.39, 0.29) is 0 Å². The van der Waals surface area contributed by atoms with E-state index in [0.29, 0.717) is 28.0 Å². The molecular weight excluding hydrogens is 264 g/mol. The first kappa shape index (κ1) is 13.5. The predicted octanol–water partition coefficient (Wildman–Crippen LogP) is 2.89. The number of nitrogens with two attached hydrogens (primary N) is 1. The molecule has 2 aromatic rings. The third kappa shape index (κ3) is 3.08. The predicted molar refractivity (Wildman–Crippen MR) is 72.2 cm³/mol. The highest BCUT2D eigenvalue weighted by Gasteiger charge is 2.17. The minimum Gasteiger partial charge on any atom is -0.462 e. The highest BCUT2D eigenvalue weighted by atomic mass is 32.2. The normalized spacial score (nSPS) is 10.4. The van der Waals surface area contributed by atoms with Gasteiger partial charge in [-0.05, 0) is 37.7 Å². The van der Waals surface area contributed by atoms with Crippen LogP contribution in [0.1, 0.15) is 23.0 Å². The number of carbonyl (C=O) groups excluding carboxylic acids is 1. The Kier molecular flexibility index (Phi) is 4.11. The van der Waals surface area contributed by atoms with Crippen LogP contribution >= 0.6 is 11.8 Å². The lowest BCUT2D eigenvalue weighted by molar-refractivity contribution is 0.0522. The zero-order valence-corrected chi connectivity index (χ0v) is 11.5. The van der Waals surface area contributed by atoms with Gasteiger partial charge in [0.2, 0.25) is 0 Å². The second-order valence-corrected chi connectivity index (χ2v) is 4.76. The minimum atomic E-state index is -0.402. The molecule has 0 saturated carbocycles. The van der Waals surface area contributed by atoms with E-state index in [1.807, 2.05) is 6.92 Å². The maximum atomic E-state index is 11.9. The van der Waals surface area contributed by atoms with Crippen LogP contribution in [0.4, 0.5) is 5.69 Å². The van der Waals surface area contributed by atoms with Crippen LogP contribution < -0.4 is 5.73 Å². The van der Waals surface area contributed by atoms with Crippen molar-refractivity contribution >= 4 is 23.4 Å². The summed E-state index contributed by atoms with van der Waals surface area (Å²) in [6.07, 6.45) is 1.55. The largest absolute Gasteiger partial charge is 0.462 e. The Morgan fingerprint density at radius 1 is 1.53 bits per heavy atom. The molecule has 0 fully saturated rings. The SMILES string of the molecule is CCOC(=O)c1cccc(N)c1Sc1nc(C)co1. The van der Waals surface area contributed by atoms with Crippen molar-refractivity contribution in [2.75, 3.05) is 12.3 Å². The van der Waals surface area contributed by atoms with Crippen molar-refractivity contribution in [3.8, 4) is 0 Å². The molecule has 0 unspecified atom stereocenters. The molecule has 0 saturated heterocycles. The molecule has 6 heteroatoms. The quantitative estimate of drug-likeness (QED) is 0.684. The Morgan fingerprint density at radius 3 is 2.95 bits per heavy atom. The molecule has 0 aliphatic rings. The topological polar surface area (TPSA) is 78.4 Å². The number of carbonyl (C=O) groups is 1. The Balaban J connectivity index is 2.35. The molecule has 0 atom stereocenters. The van der Waals surface area contributed by atoms with E-state index >= 15 is 0 Å². The first-order valence-corrected chi connectivity index (χ1v) is 6.59. The van der Waals surface area contributed by atoms with Crippen molar-refractivity contribution in [3.05, 3.63) is 35.7 Å². The van der Waals surface area contributed by atoms with Gasteiger partial charge in [-0.2, -0.15) is 0 Å². The molecule has 1 heterocycles. The summed E-state index contributed by atoms with van der Waals surface area (Å²) in [5.41, 5.74) is 7.60. The molecule has 0 aliphatic heterocycles. The summed E-state index contributed by atoms with van der Waals surface area (Å²) in [5.74, 6) is -0.402. The molecule has 2 N–H and O–H groups in total. The highest BCUT2D eigenvalue weighted by molar-refractivity contribution is 7.99. The number of benzene rings is 1. The Bertz CT molecular complexity index is 595. The standard InChI is InChI=1S/C13H14N2O3S/c1-3-17-12(16)9-5-4-6-10(14)11(9)19-13-15-8(2)7-18-13/h4-7H,3,14H2,1-2H3. The molecule has 0 amide bonds. The highest BCUT2D eigenvalue weighted by Crippen LogP contribution is 2.34. The number of rotatable bonds is 4. The molecular formula is C13H14N2O3S. The first-order valence-electron chi connectivity index (χ1n) is 5.77. The lowest BCUT2D eigenvalue weighted by Gasteiger charge is -2.09. The van der Waals surface area contributed by atoms with E-state index in [0.717, 1.165) is 5.69 Å². The van der Waals surface area contributed by atoms with E-state index < -0.39 is 5.97 Å². The maximum absolute atomic E-state index is 11.9. The summed E-state index contributed by atoms with van der Waals surface area (Å²) in [6, 6.07) is 5.11. The zero-order valence-electron chi connectivity index (χ0n) is 10.7. The van der Waals surface area contributed by atoms with E-state index in [1.54, 1.807) is 31.4 Å². The van der Waals surface area contributed by atoms with Gasteiger partial charge in [-0.25, -0.2) is 9.78 Å². The number of aromatic nitrogens is 1. The molecule has 19 heavy (non-hydrogen) atoms. The monoisotopic (exact) mass is 278 g/mol. The number of oxazole rings is 1. The van der Waals surface area contributed by atoms with E-state index in [4.69, 9.17) is 14.9 Å². The maximum Gasteiger partial charge on any atom is 0.339 e. The van der Waals surface area contributed by atoms with Crippen LogP contribution in [-0.2, 0) is 4.74 Å². The van der Waals surface area contributed by atoms with E-state index in [1.165, 1.54) is 11.8 Å². The molecule has 0 bridgehead atoms. The summed E-state index contributed by atoms with van der Waals surface area (Å²) >= 11 is 1.21. The van der Waals surface area contributed by atoms with Crippen molar-refractivity contribution in [2.24, 2.45) is 0 Å². The lowest BCUT2D eigenvalue weighted by atomic mass is 10.2. The summed E-state index contributed by atoms with van der Waals surface area (Å²) in [6.45, 7) is 3.90. The molecule has 5 nitrogen and oxygen atoms in total. The lowest BCUT2D eigenvalue weighted by Crippen LogP contribution is -2.07. The summed E-state index contributed by atoms with van der Waals surface area (Å²) in [5, 5.41) is 0.445. The van der Waals surface area contributed by atoms with Gasteiger partial charge in [0.25, 0.3) is 5.22 Å². The van der Waals surface area contributed by atoms with Gasteiger partial charge in [-0.1, -0.05) is 6.07 Å². The van der Waals surface area contributed by atoms with Crippen molar-refractivity contribution in [3.63, 3.8) is 0 Å². The molecule has 0 aliphatic carbocycles. The van der Waals surface area contributed by atoms with Gasteiger partial charge >= 0.3 is 5.97 Å². The number of hydrogen-bond donors (Lipinski definition) is 1. The number of hydrogen-bond acceptors (Lipinski definition) is 6. The fourth-order valence-corrected chi connectivity index (χ4v) is 2.41. The van der Waals surface area contributed by atoms with Gasteiger partial charge < -0.3 is 14.9 Å². The van der Waals surface area contributed by atoms with Crippen molar-refractivity contribution in [1.82, 2.24) is 4.98 Å². The molecule has 1 aromatic heterocycles. The summed E-state index contributed by atoms with van der Waals surface area (Å²) in [4.78, 5) is 16.7. The van der Waals surface area contributed by atoms with Gasteiger partial charge in [-0.15, -0.1) is 0 Å².